The molecule has 2 unspecified atom stereocenters. The van der Waals surface area contributed by atoms with Gasteiger partial charge in [0.2, 0.25) is 6.29 Å². The van der Waals surface area contributed by atoms with Crippen LogP contribution in [0.25, 0.3) is 0 Å². The van der Waals surface area contributed by atoms with E-state index in [-0.39, 0.29) is 12.0 Å². The Labute approximate surface area is 95.0 Å². The third-order valence-electron chi connectivity index (χ3n) is 2.67. The standard InChI is InChI=1S/C11H18O5/c1-5-9-6(2)10(14-7(3)12)11(16-9)15-8(4)13/h6,9-11H,5H2,1-4H3/t6?,9-,10+,11?/m1/s1. The third-order valence-corrected chi connectivity index (χ3v) is 2.67. The van der Waals surface area contributed by atoms with Crippen molar-refractivity contribution in [3.8, 4) is 0 Å². The van der Waals surface area contributed by atoms with Gasteiger partial charge in [0.25, 0.3) is 0 Å². The molecule has 0 spiro atoms. The first-order valence-electron chi connectivity index (χ1n) is 5.45. The molecule has 0 aromatic rings. The maximum absolute atomic E-state index is 11.0. The summed E-state index contributed by atoms with van der Waals surface area (Å²) in [4.78, 5) is 21.8. The lowest BCUT2D eigenvalue weighted by atomic mass is 9.99. The van der Waals surface area contributed by atoms with Gasteiger partial charge in [0.15, 0.2) is 6.10 Å². The summed E-state index contributed by atoms with van der Waals surface area (Å²) in [6.45, 7) is 6.53. The Kier molecular flexibility index (Phi) is 4.29. The van der Waals surface area contributed by atoms with Crippen LogP contribution in [0.3, 0.4) is 0 Å². The van der Waals surface area contributed by atoms with Crippen LogP contribution in [0.4, 0.5) is 0 Å². The maximum atomic E-state index is 11.0. The fourth-order valence-corrected chi connectivity index (χ4v) is 1.91. The van der Waals surface area contributed by atoms with E-state index in [4.69, 9.17) is 14.2 Å². The quantitative estimate of drug-likeness (QED) is 0.683. The van der Waals surface area contributed by atoms with Crippen molar-refractivity contribution in [2.24, 2.45) is 5.92 Å². The van der Waals surface area contributed by atoms with E-state index >= 15 is 0 Å². The molecule has 0 saturated carbocycles. The van der Waals surface area contributed by atoms with Gasteiger partial charge < -0.3 is 14.2 Å². The van der Waals surface area contributed by atoms with Gasteiger partial charge in [-0.3, -0.25) is 9.59 Å². The van der Waals surface area contributed by atoms with E-state index in [0.717, 1.165) is 6.42 Å². The highest BCUT2D eigenvalue weighted by Gasteiger charge is 2.45. The summed E-state index contributed by atoms with van der Waals surface area (Å²) < 4.78 is 15.6. The summed E-state index contributed by atoms with van der Waals surface area (Å²) in [5.41, 5.74) is 0. The second-order valence-electron chi connectivity index (χ2n) is 3.99. The van der Waals surface area contributed by atoms with Crippen molar-refractivity contribution in [2.45, 2.75) is 52.6 Å². The Balaban J connectivity index is 2.72. The number of hydrogen-bond donors (Lipinski definition) is 0. The van der Waals surface area contributed by atoms with Gasteiger partial charge in [-0.05, 0) is 6.42 Å². The van der Waals surface area contributed by atoms with Crippen molar-refractivity contribution in [1.29, 1.82) is 0 Å². The fraction of sp³-hybridized carbons (Fsp3) is 0.818. The summed E-state index contributed by atoms with van der Waals surface area (Å²) in [7, 11) is 0. The predicted molar refractivity (Wildman–Crippen MR) is 55.4 cm³/mol. The highest BCUT2D eigenvalue weighted by Crippen LogP contribution is 2.31. The van der Waals surface area contributed by atoms with Crippen LogP contribution in [0.5, 0.6) is 0 Å². The van der Waals surface area contributed by atoms with Crippen molar-refractivity contribution in [1.82, 2.24) is 0 Å². The average Bonchev–Trinajstić information content (AvgIpc) is 2.44. The molecule has 5 nitrogen and oxygen atoms in total. The Morgan fingerprint density at radius 2 is 1.75 bits per heavy atom. The first kappa shape index (κ1) is 13.0. The zero-order valence-corrected chi connectivity index (χ0v) is 10.1. The molecule has 1 fully saturated rings. The van der Waals surface area contributed by atoms with Crippen LogP contribution >= 0.6 is 0 Å². The minimum atomic E-state index is -0.777. The summed E-state index contributed by atoms with van der Waals surface area (Å²) >= 11 is 0. The third kappa shape index (κ3) is 2.95. The molecule has 1 aliphatic rings. The lowest BCUT2D eigenvalue weighted by molar-refractivity contribution is -0.194. The maximum Gasteiger partial charge on any atom is 0.305 e. The van der Waals surface area contributed by atoms with Crippen LogP contribution in [0, 0.1) is 5.92 Å². The van der Waals surface area contributed by atoms with Crippen LogP contribution in [-0.4, -0.2) is 30.4 Å². The number of rotatable bonds is 3. The minimum absolute atomic E-state index is 0.0262. The average molecular weight is 230 g/mol. The number of hydrogen-bond acceptors (Lipinski definition) is 5. The van der Waals surface area contributed by atoms with E-state index in [2.05, 4.69) is 0 Å². The van der Waals surface area contributed by atoms with Gasteiger partial charge >= 0.3 is 11.9 Å². The molecule has 0 bridgehead atoms. The first-order chi connectivity index (χ1) is 7.45. The smallest absolute Gasteiger partial charge is 0.305 e. The van der Waals surface area contributed by atoms with E-state index in [9.17, 15) is 9.59 Å². The highest BCUT2D eigenvalue weighted by molar-refractivity contribution is 5.67. The molecule has 1 rings (SSSR count). The molecule has 1 saturated heterocycles. The van der Waals surface area contributed by atoms with Gasteiger partial charge in [-0.1, -0.05) is 13.8 Å². The molecule has 0 radical (unpaired) electrons. The van der Waals surface area contributed by atoms with Crippen LogP contribution in [0.15, 0.2) is 0 Å². The summed E-state index contributed by atoms with van der Waals surface area (Å²) in [6, 6.07) is 0. The van der Waals surface area contributed by atoms with Gasteiger partial charge in [0, 0.05) is 19.8 Å². The van der Waals surface area contributed by atoms with Crippen LogP contribution in [0.1, 0.15) is 34.1 Å². The molecule has 0 N–H and O–H groups in total. The molecule has 0 aliphatic carbocycles. The number of carbonyl (C=O) groups excluding carboxylic acids is 2. The molecular weight excluding hydrogens is 212 g/mol. The van der Waals surface area contributed by atoms with E-state index in [1.807, 2.05) is 13.8 Å². The van der Waals surface area contributed by atoms with Crippen LogP contribution in [-0.2, 0) is 23.8 Å². The summed E-state index contributed by atoms with van der Waals surface area (Å²) in [6.07, 6.45) is -0.544. The Morgan fingerprint density at radius 1 is 1.19 bits per heavy atom. The Hall–Kier alpha value is -1.10. The largest absolute Gasteiger partial charge is 0.455 e. The second-order valence-corrected chi connectivity index (χ2v) is 3.99. The van der Waals surface area contributed by atoms with Gasteiger partial charge in [-0.25, -0.2) is 0 Å². The lowest BCUT2D eigenvalue weighted by Gasteiger charge is -2.19. The van der Waals surface area contributed by atoms with E-state index in [1.165, 1.54) is 13.8 Å². The SMILES string of the molecule is CC[C@H]1OC(OC(C)=O)[C@@H](OC(C)=O)C1C. The number of esters is 2. The number of ether oxygens (including phenoxy) is 3. The molecule has 1 heterocycles. The van der Waals surface area contributed by atoms with Crippen LogP contribution < -0.4 is 0 Å². The van der Waals surface area contributed by atoms with E-state index in [1.54, 1.807) is 0 Å². The second kappa shape index (κ2) is 5.30. The van der Waals surface area contributed by atoms with Gasteiger partial charge in [0.05, 0.1) is 6.10 Å². The van der Waals surface area contributed by atoms with Gasteiger partial charge in [-0.2, -0.15) is 0 Å². The monoisotopic (exact) mass is 230 g/mol. The Bertz CT molecular complexity index is 276. The zero-order chi connectivity index (χ0) is 12.3. The van der Waals surface area contributed by atoms with Crippen molar-refractivity contribution in [2.75, 3.05) is 0 Å². The molecule has 1 aliphatic heterocycles. The number of carbonyl (C=O) groups is 2. The van der Waals surface area contributed by atoms with Gasteiger partial charge in [-0.15, -0.1) is 0 Å². The van der Waals surface area contributed by atoms with Crippen molar-refractivity contribution < 1.29 is 23.8 Å². The normalized spacial score (nSPS) is 33.5. The van der Waals surface area contributed by atoms with Gasteiger partial charge in [0.1, 0.15) is 0 Å². The molecule has 0 amide bonds. The first-order valence-corrected chi connectivity index (χ1v) is 5.45. The van der Waals surface area contributed by atoms with Crippen molar-refractivity contribution in [3.05, 3.63) is 0 Å². The predicted octanol–water partition coefficient (Wildman–Crippen LogP) is 1.25. The van der Waals surface area contributed by atoms with Crippen molar-refractivity contribution >= 4 is 11.9 Å². The van der Waals surface area contributed by atoms with Crippen molar-refractivity contribution in [3.63, 3.8) is 0 Å². The molecule has 5 heteroatoms. The summed E-state index contributed by atoms with van der Waals surface area (Å²) in [5.74, 6) is -0.807. The summed E-state index contributed by atoms with van der Waals surface area (Å²) in [5, 5.41) is 0. The molecule has 0 aromatic carbocycles. The molecule has 16 heavy (non-hydrogen) atoms. The molecule has 0 aromatic heterocycles. The zero-order valence-electron chi connectivity index (χ0n) is 10.1. The Morgan fingerprint density at radius 3 is 2.19 bits per heavy atom. The molecular formula is C11H18O5. The fourth-order valence-electron chi connectivity index (χ4n) is 1.91. The molecule has 4 atom stereocenters. The topological polar surface area (TPSA) is 61.8 Å². The van der Waals surface area contributed by atoms with Crippen LogP contribution in [0.2, 0.25) is 0 Å². The molecule has 92 valence electrons. The minimum Gasteiger partial charge on any atom is -0.455 e. The highest BCUT2D eigenvalue weighted by atomic mass is 16.7. The van der Waals surface area contributed by atoms with E-state index in [0.29, 0.717) is 0 Å². The van der Waals surface area contributed by atoms with E-state index < -0.39 is 24.3 Å². The lowest BCUT2D eigenvalue weighted by Crippen LogP contribution is -2.33.